The highest BCUT2D eigenvalue weighted by Gasteiger charge is 2.22. The minimum atomic E-state index is -3.76. The molecule has 1 atom stereocenters. The average Bonchev–Trinajstić information content (AvgIpc) is 2.05. The predicted molar refractivity (Wildman–Crippen MR) is 44.7 cm³/mol. The van der Waals surface area contributed by atoms with E-state index in [9.17, 15) is 4.57 Å². The van der Waals surface area contributed by atoms with E-state index >= 15 is 0 Å². The maximum Gasteiger partial charge on any atom is 0.257 e. The Hall–Kier alpha value is -0.830. The van der Waals surface area contributed by atoms with Crippen LogP contribution < -0.4 is 5.30 Å². The van der Waals surface area contributed by atoms with Crippen LogP contribution in [0, 0.1) is 0 Å². The van der Waals surface area contributed by atoms with Crippen LogP contribution in [0.25, 0.3) is 0 Å². The van der Waals surface area contributed by atoms with Crippen molar-refractivity contribution in [2.45, 2.75) is 0 Å². The van der Waals surface area contributed by atoms with Crippen molar-refractivity contribution in [1.82, 2.24) is 0 Å². The second-order valence-electron chi connectivity index (χ2n) is 2.33. The zero-order valence-electron chi connectivity index (χ0n) is 6.21. The van der Waals surface area contributed by atoms with Crippen molar-refractivity contribution in [3.05, 3.63) is 24.3 Å². The van der Waals surface area contributed by atoms with E-state index in [0.717, 1.165) is 0 Å². The second-order valence-corrected chi connectivity index (χ2v) is 4.50. The predicted octanol–water partition coefficient (Wildman–Crippen LogP) is 0.238. The zero-order chi connectivity index (χ0) is 9.19. The molecule has 0 spiro atoms. The van der Waals surface area contributed by atoms with Crippen molar-refractivity contribution in [2.75, 3.05) is 6.35 Å². The molecule has 0 aliphatic rings. The van der Waals surface area contributed by atoms with Gasteiger partial charge < -0.3 is 15.1 Å². The molecule has 0 amide bonds. The Morgan fingerprint density at radius 2 is 1.92 bits per heavy atom. The summed E-state index contributed by atoms with van der Waals surface area (Å²) in [6, 6.07) is 5.67. The van der Waals surface area contributed by atoms with Gasteiger partial charge in [0.2, 0.25) is 0 Å². The monoisotopic (exact) mass is 188 g/mol. The van der Waals surface area contributed by atoms with E-state index in [1.165, 1.54) is 24.3 Å². The number of para-hydroxylation sites is 1. The molecule has 4 nitrogen and oxygen atoms in total. The van der Waals surface area contributed by atoms with Gasteiger partial charge in [-0.25, -0.2) is 0 Å². The number of aliphatic hydroxyl groups excluding tert-OH is 1. The summed E-state index contributed by atoms with van der Waals surface area (Å²) in [7, 11) is -3.76. The van der Waals surface area contributed by atoms with E-state index in [2.05, 4.69) is 0 Å². The van der Waals surface area contributed by atoms with Crippen molar-refractivity contribution >= 4 is 12.7 Å². The molecular weight excluding hydrogens is 179 g/mol. The van der Waals surface area contributed by atoms with Gasteiger partial charge in [-0.3, -0.25) is 4.57 Å². The van der Waals surface area contributed by atoms with E-state index in [4.69, 9.17) is 15.1 Å². The lowest BCUT2D eigenvalue weighted by Crippen LogP contribution is -2.06. The van der Waals surface area contributed by atoms with Crippen LogP contribution in [0.5, 0.6) is 5.75 Å². The Labute approximate surface area is 69.6 Å². The third-order valence-corrected chi connectivity index (χ3v) is 2.96. The van der Waals surface area contributed by atoms with Gasteiger partial charge in [0.15, 0.2) is 0 Å². The normalized spacial score (nSPS) is 15.5. The lowest BCUT2D eigenvalue weighted by Gasteiger charge is -2.09. The second kappa shape index (κ2) is 3.27. The lowest BCUT2D eigenvalue weighted by molar-refractivity contribution is 0.337. The molecule has 3 N–H and O–H groups in total. The molecule has 5 heteroatoms. The summed E-state index contributed by atoms with van der Waals surface area (Å²) in [5.74, 6) is -0.266. The molecule has 0 fully saturated rings. The first-order chi connectivity index (χ1) is 5.58. The van der Waals surface area contributed by atoms with Crippen LogP contribution in [0.4, 0.5) is 0 Å². The average molecular weight is 188 g/mol. The van der Waals surface area contributed by atoms with Gasteiger partial charge in [0.1, 0.15) is 12.1 Å². The smallest absolute Gasteiger partial charge is 0.257 e. The van der Waals surface area contributed by atoms with Crippen molar-refractivity contribution in [3.63, 3.8) is 0 Å². The van der Waals surface area contributed by atoms with E-state index in [0.29, 0.717) is 0 Å². The molecule has 1 rings (SSSR count). The fourth-order valence-electron chi connectivity index (χ4n) is 0.836. The first-order valence-electron chi connectivity index (χ1n) is 3.29. The highest BCUT2D eigenvalue weighted by molar-refractivity contribution is 7.66. The summed E-state index contributed by atoms with van der Waals surface area (Å²) in [6.07, 6.45) is -0.857. The van der Waals surface area contributed by atoms with Gasteiger partial charge in [0, 0.05) is 0 Å². The molecule has 0 aliphatic heterocycles. The number of rotatable bonds is 2. The van der Waals surface area contributed by atoms with Crippen molar-refractivity contribution in [1.29, 1.82) is 0 Å². The molecule has 0 heterocycles. The Bertz CT molecular complexity index is 323. The van der Waals surface area contributed by atoms with Crippen LogP contribution in [-0.2, 0) is 4.57 Å². The number of hydrogen-bond donors (Lipinski definition) is 3. The number of phenols is 1. The third kappa shape index (κ3) is 1.67. The maximum absolute atomic E-state index is 11.2. The van der Waals surface area contributed by atoms with Gasteiger partial charge in [0.25, 0.3) is 7.37 Å². The molecule has 0 aliphatic carbocycles. The number of phenolic OH excluding ortho intramolecular Hbond substituents is 1. The standard InChI is InChI=1S/C7H9O4P/c8-5-12(10,11)7-4-2-1-3-6(7)9/h1-4,8-9H,5H2,(H,10,11). The minimum Gasteiger partial charge on any atom is -0.507 e. The van der Waals surface area contributed by atoms with Gasteiger partial charge in [-0.15, -0.1) is 0 Å². The van der Waals surface area contributed by atoms with Crippen molar-refractivity contribution < 1.29 is 19.7 Å². The minimum absolute atomic E-state index is 0.104. The van der Waals surface area contributed by atoms with Gasteiger partial charge in [-0.2, -0.15) is 0 Å². The molecule has 1 aromatic rings. The quantitative estimate of drug-likeness (QED) is 0.581. The third-order valence-electron chi connectivity index (χ3n) is 1.45. The highest BCUT2D eigenvalue weighted by Crippen LogP contribution is 2.40. The van der Waals surface area contributed by atoms with E-state index < -0.39 is 13.7 Å². The van der Waals surface area contributed by atoms with Crippen LogP contribution >= 0.6 is 7.37 Å². The Morgan fingerprint density at radius 3 is 2.42 bits per heavy atom. The molecule has 0 aromatic heterocycles. The summed E-state index contributed by atoms with van der Waals surface area (Å²) in [5.41, 5.74) is 0. The number of hydrogen-bond acceptors (Lipinski definition) is 3. The largest absolute Gasteiger partial charge is 0.507 e. The van der Waals surface area contributed by atoms with E-state index in [-0.39, 0.29) is 11.1 Å². The Morgan fingerprint density at radius 1 is 1.33 bits per heavy atom. The molecule has 0 saturated heterocycles. The van der Waals surface area contributed by atoms with Crippen LogP contribution in [0.3, 0.4) is 0 Å². The summed E-state index contributed by atoms with van der Waals surface area (Å²) >= 11 is 0. The van der Waals surface area contributed by atoms with Gasteiger partial charge in [-0.05, 0) is 12.1 Å². The molecule has 0 saturated carbocycles. The van der Waals surface area contributed by atoms with Gasteiger partial charge in [0.05, 0.1) is 5.30 Å². The van der Waals surface area contributed by atoms with Crippen LogP contribution in [0.15, 0.2) is 24.3 Å². The fourth-order valence-corrected chi connectivity index (χ4v) is 1.74. The van der Waals surface area contributed by atoms with Crippen LogP contribution in [0.2, 0.25) is 0 Å². The number of aromatic hydroxyl groups is 1. The SMILES string of the molecule is O=P(O)(CO)c1ccccc1O. The first-order valence-corrected chi connectivity index (χ1v) is 5.13. The first kappa shape index (κ1) is 9.26. The van der Waals surface area contributed by atoms with Gasteiger partial charge >= 0.3 is 0 Å². The van der Waals surface area contributed by atoms with Gasteiger partial charge in [-0.1, -0.05) is 12.1 Å². The highest BCUT2D eigenvalue weighted by atomic mass is 31.2. The summed E-state index contributed by atoms with van der Waals surface area (Å²) in [5, 5.41) is 17.6. The zero-order valence-corrected chi connectivity index (χ0v) is 7.11. The van der Waals surface area contributed by atoms with Crippen molar-refractivity contribution in [3.8, 4) is 5.75 Å². The molecule has 1 aromatic carbocycles. The molecule has 0 radical (unpaired) electrons. The molecule has 12 heavy (non-hydrogen) atoms. The maximum atomic E-state index is 11.2. The molecular formula is C7H9O4P. The molecule has 0 bridgehead atoms. The lowest BCUT2D eigenvalue weighted by atomic mass is 10.3. The topological polar surface area (TPSA) is 77.8 Å². The molecule has 1 unspecified atom stereocenters. The van der Waals surface area contributed by atoms with Crippen molar-refractivity contribution in [2.24, 2.45) is 0 Å². The molecule has 66 valence electrons. The van der Waals surface area contributed by atoms with Crippen LogP contribution in [0.1, 0.15) is 0 Å². The van der Waals surface area contributed by atoms with E-state index in [1.54, 1.807) is 0 Å². The summed E-state index contributed by atoms with van der Waals surface area (Å²) in [4.78, 5) is 9.12. The Balaban J connectivity index is 3.20. The van der Waals surface area contributed by atoms with E-state index in [1.807, 2.05) is 0 Å². The Kier molecular flexibility index (Phi) is 2.52. The van der Waals surface area contributed by atoms with Crippen LogP contribution in [-0.4, -0.2) is 21.5 Å². The number of benzene rings is 1. The summed E-state index contributed by atoms with van der Waals surface area (Å²) in [6.45, 7) is 0. The number of aliphatic hydroxyl groups is 1. The summed E-state index contributed by atoms with van der Waals surface area (Å²) < 4.78 is 11.2. The fraction of sp³-hybridized carbons (Fsp3) is 0.143.